The smallest absolute Gasteiger partial charge is 0.152 e. The van der Waals surface area contributed by atoms with Crippen molar-refractivity contribution in [3.63, 3.8) is 0 Å². The minimum Gasteiger partial charge on any atom is -0.370 e. The van der Waals surface area contributed by atoms with Gasteiger partial charge in [-0.2, -0.15) is 0 Å². The van der Waals surface area contributed by atoms with E-state index in [9.17, 15) is 4.79 Å². The summed E-state index contributed by atoms with van der Waals surface area (Å²) in [6.07, 6.45) is 4.48. The molecule has 1 aliphatic rings. The summed E-state index contributed by atoms with van der Waals surface area (Å²) < 4.78 is 0. The van der Waals surface area contributed by atoms with Gasteiger partial charge in [0.25, 0.3) is 0 Å². The summed E-state index contributed by atoms with van der Waals surface area (Å²) in [4.78, 5) is 13.5. The number of halogens is 1. The number of hydrogen-bond acceptors (Lipinski definition) is 2. The van der Waals surface area contributed by atoms with Crippen molar-refractivity contribution >= 4 is 23.6 Å². The Labute approximate surface area is 127 Å². The Morgan fingerprint density at radius 3 is 2.65 bits per heavy atom. The van der Waals surface area contributed by atoms with Gasteiger partial charge in [0.05, 0.1) is 10.7 Å². The minimum absolute atomic E-state index is 0.351. The first-order valence-electron chi connectivity index (χ1n) is 7.42. The van der Waals surface area contributed by atoms with E-state index in [0.717, 1.165) is 43.8 Å². The largest absolute Gasteiger partial charge is 0.370 e. The van der Waals surface area contributed by atoms with E-state index in [1.165, 1.54) is 6.42 Å². The standard InChI is InChI=1S/C17H24ClNO/c1-17(2,3)14-7-5-10-19(11-9-14)16-13(12-20)6-4-8-15(16)18/h4,6,8,12,14H,5,7,9-11H2,1-3H3. The van der Waals surface area contributed by atoms with Crippen LogP contribution in [-0.4, -0.2) is 19.4 Å². The quantitative estimate of drug-likeness (QED) is 0.730. The lowest BCUT2D eigenvalue weighted by Gasteiger charge is -2.30. The SMILES string of the molecule is CC(C)(C)C1CCCN(c2c(Cl)cccc2C=O)CC1. The van der Waals surface area contributed by atoms with Gasteiger partial charge in [0.15, 0.2) is 6.29 Å². The molecule has 0 aliphatic carbocycles. The van der Waals surface area contributed by atoms with E-state index in [2.05, 4.69) is 25.7 Å². The number of anilines is 1. The molecule has 1 aromatic carbocycles. The van der Waals surface area contributed by atoms with E-state index >= 15 is 0 Å². The molecule has 0 radical (unpaired) electrons. The third kappa shape index (κ3) is 3.35. The molecule has 1 aromatic rings. The molecule has 1 unspecified atom stereocenters. The lowest BCUT2D eigenvalue weighted by molar-refractivity contribution is 0.112. The number of carbonyl (C=O) groups is 1. The predicted molar refractivity (Wildman–Crippen MR) is 85.8 cm³/mol. The van der Waals surface area contributed by atoms with E-state index in [4.69, 9.17) is 11.6 Å². The Morgan fingerprint density at radius 1 is 1.25 bits per heavy atom. The Hall–Kier alpha value is -1.02. The molecule has 1 saturated heterocycles. The monoisotopic (exact) mass is 293 g/mol. The number of benzene rings is 1. The Bertz CT molecular complexity index is 478. The molecule has 0 saturated carbocycles. The second kappa shape index (κ2) is 6.17. The van der Waals surface area contributed by atoms with E-state index in [-0.39, 0.29) is 0 Å². The number of carbonyl (C=O) groups excluding carboxylic acids is 1. The zero-order valence-electron chi connectivity index (χ0n) is 12.7. The average Bonchev–Trinajstić information content (AvgIpc) is 2.63. The number of para-hydroxylation sites is 1. The van der Waals surface area contributed by atoms with Crippen molar-refractivity contribution in [3.05, 3.63) is 28.8 Å². The fourth-order valence-corrected chi connectivity index (χ4v) is 3.45. The molecule has 1 fully saturated rings. The topological polar surface area (TPSA) is 20.3 Å². The van der Waals surface area contributed by atoms with Crippen LogP contribution < -0.4 is 4.90 Å². The molecule has 0 aromatic heterocycles. The maximum absolute atomic E-state index is 11.2. The highest BCUT2D eigenvalue weighted by Crippen LogP contribution is 2.37. The minimum atomic E-state index is 0.351. The first-order valence-corrected chi connectivity index (χ1v) is 7.80. The second-order valence-corrected chi connectivity index (χ2v) is 7.18. The molecule has 2 rings (SSSR count). The van der Waals surface area contributed by atoms with E-state index < -0.39 is 0 Å². The molecule has 20 heavy (non-hydrogen) atoms. The molecule has 1 aliphatic heterocycles. The van der Waals surface area contributed by atoms with E-state index in [0.29, 0.717) is 16.0 Å². The summed E-state index contributed by atoms with van der Waals surface area (Å²) in [6.45, 7) is 8.92. The molecule has 3 heteroatoms. The van der Waals surface area contributed by atoms with Crippen LogP contribution >= 0.6 is 11.6 Å². The maximum atomic E-state index is 11.2. The third-order valence-corrected chi connectivity index (χ3v) is 4.72. The van der Waals surface area contributed by atoms with Crippen LogP contribution in [0.1, 0.15) is 50.4 Å². The number of aldehydes is 1. The molecule has 2 nitrogen and oxygen atoms in total. The third-order valence-electron chi connectivity index (χ3n) is 4.41. The second-order valence-electron chi connectivity index (χ2n) is 6.78. The molecular formula is C17H24ClNO. The highest BCUT2D eigenvalue weighted by molar-refractivity contribution is 6.33. The molecule has 0 N–H and O–H groups in total. The molecule has 110 valence electrons. The van der Waals surface area contributed by atoms with Gasteiger partial charge in [-0.25, -0.2) is 0 Å². The van der Waals surface area contributed by atoms with Crippen molar-refractivity contribution in [2.45, 2.75) is 40.0 Å². The molecule has 1 atom stereocenters. The van der Waals surface area contributed by atoms with Crippen molar-refractivity contribution in [1.29, 1.82) is 0 Å². The first-order chi connectivity index (χ1) is 9.43. The van der Waals surface area contributed by atoms with Gasteiger partial charge in [0.1, 0.15) is 0 Å². The first kappa shape index (κ1) is 15.4. The van der Waals surface area contributed by atoms with Crippen LogP contribution in [0, 0.1) is 11.3 Å². The van der Waals surface area contributed by atoms with Gasteiger partial charge < -0.3 is 4.90 Å². The number of rotatable bonds is 2. The number of nitrogens with zero attached hydrogens (tertiary/aromatic N) is 1. The summed E-state index contributed by atoms with van der Waals surface area (Å²) >= 11 is 6.32. The summed E-state index contributed by atoms with van der Waals surface area (Å²) in [7, 11) is 0. The van der Waals surface area contributed by atoms with Crippen LogP contribution in [0.4, 0.5) is 5.69 Å². The van der Waals surface area contributed by atoms with Gasteiger partial charge in [0.2, 0.25) is 0 Å². The van der Waals surface area contributed by atoms with Crippen LogP contribution in [0.3, 0.4) is 0 Å². The van der Waals surface area contributed by atoms with Gasteiger partial charge >= 0.3 is 0 Å². The Kier molecular flexibility index (Phi) is 4.74. The van der Waals surface area contributed by atoms with Gasteiger partial charge in [-0.3, -0.25) is 4.79 Å². The molecular weight excluding hydrogens is 270 g/mol. The average molecular weight is 294 g/mol. The lowest BCUT2D eigenvalue weighted by Crippen LogP contribution is -2.27. The summed E-state index contributed by atoms with van der Waals surface area (Å²) in [5.74, 6) is 0.731. The zero-order chi connectivity index (χ0) is 14.8. The molecule has 0 amide bonds. The molecule has 0 bridgehead atoms. The van der Waals surface area contributed by atoms with Crippen molar-refractivity contribution in [2.24, 2.45) is 11.3 Å². The highest BCUT2D eigenvalue weighted by atomic mass is 35.5. The van der Waals surface area contributed by atoms with Crippen LogP contribution in [0.15, 0.2) is 18.2 Å². The van der Waals surface area contributed by atoms with Crippen molar-refractivity contribution in [2.75, 3.05) is 18.0 Å². The fraction of sp³-hybridized carbons (Fsp3) is 0.588. The van der Waals surface area contributed by atoms with Crippen molar-refractivity contribution < 1.29 is 4.79 Å². The van der Waals surface area contributed by atoms with Crippen LogP contribution in [0.5, 0.6) is 0 Å². The summed E-state index contributed by atoms with van der Waals surface area (Å²) in [6, 6.07) is 5.56. The maximum Gasteiger partial charge on any atom is 0.152 e. The van der Waals surface area contributed by atoms with Crippen molar-refractivity contribution in [1.82, 2.24) is 0 Å². The van der Waals surface area contributed by atoms with Gasteiger partial charge in [-0.1, -0.05) is 38.4 Å². The van der Waals surface area contributed by atoms with Crippen LogP contribution in [-0.2, 0) is 0 Å². The lowest BCUT2D eigenvalue weighted by atomic mass is 9.77. The van der Waals surface area contributed by atoms with Gasteiger partial charge in [0, 0.05) is 18.7 Å². The molecule has 0 spiro atoms. The normalized spacial score (nSPS) is 20.6. The summed E-state index contributed by atoms with van der Waals surface area (Å²) in [5, 5.41) is 0.684. The predicted octanol–water partition coefficient (Wildman–Crippen LogP) is 4.81. The van der Waals surface area contributed by atoms with Gasteiger partial charge in [-0.15, -0.1) is 0 Å². The Morgan fingerprint density at radius 2 is 2.00 bits per heavy atom. The highest BCUT2D eigenvalue weighted by Gasteiger charge is 2.28. The van der Waals surface area contributed by atoms with Crippen LogP contribution in [0.2, 0.25) is 5.02 Å². The van der Waals surface area contributed by atoms with E-state index in [1.54, 1.807) is 0 Å². The summed E-state index contributed by atoms with van der Waals surface area (Å²) in [5.41, 5.74) is 1.97. The Balaban J connectivity index is 2.21. The molecule has 1 heterocycles. The van der Waals surface area contributed by atoms with Crippen LogP contribution in [0.25, 0.3) is 0 Å². The fourth-order valence-electron chi connectivity index (χ4n) is 3.15. The number of hydrogen-bond donors (Lipinski definition) is 0. The van der Waals surface area contributed by atoms with Gasteiger partial charge in [-0.05, 0) is 42.7 Å². The van der Waals surface area contributed by atoms with Crippen molar-refractivity contribution in [3.8, 4) is 0 Å². The van der Waals surface area contributed by atoms with E-state index in [1.807, 2.05) is 18.2 Å². The zero-order valence-corrected chi connectivity index (χ0v) is 13.4.